The smallest absolute Gasteiger partial charge is 0.360 e. The number of oxime groups is 1. The molecule has 0 aliphatic carbocycles. The molecule has 0 atom stereocenters. The number of hydrogen-bond acceptors (Lipinski definition) is 7. The van der Waals surface area contributed by atoms with Crippen LogP contribution < -0.4 is 5.32 Å². The van der Waals surface area contributed by atoms with E-state index in [-0.39, 0.29) is 18.0 Å². The summed E-state index contributed by atoms with van der Waals surface area (Å²) < 4.78 is 2.16. The standard InChI is InChI=1S/C48H39N5O3S/c1-35-49-32-42(53(35)48(39-26-14-5-15-27-39,40-28-16-6-17-29-40)41-30-18-7-19-31-41)33-56-52-44(45(54)55)43-34-57-46(50-43)51-47(36-20-8-2-9-21-36,37-22-10-3-11-23-37)38-24-12-4-13-25-38/h2-32,34H,33H2,1H3,(H,50,51)(H,54,55). The van der Waals surface area contributed by atoms with E-state index >= 15 is 0 Å². The summed E-state index contributed by atoms with van der Waals surface area (Å²) in [6.45, 7) is 1.91. The second kappa shape index (κ2) is 16.3. The minimum atomic E-state index is -1.26. The molecule has 0 saturated heterocycles. The predicted octanol–water partition coefficient (Wildman–Crippen LogP) is 9.90. The molecule has 0 spiro atoms. The molecular formula is C48H39N5O3S. The van der Waals surface area contributed by atoms with Crippen molar-refractivity contribution in [2.45, 2.75) is 24.6 Å². The van der Waals surface area contributed by atoms with E-state index < -0.39 is 17.0 Å². The minimum absolute atomic E-state index is 0.0553. The molecular weight excluding hydrogens is 727 g/mol. The van der Waals surface area contributed by atoms with Crippen molar-refractivity contribution in [2.24, 2.45) is 5.16 Å². The van der Waals surface area contributed by atoms with Gasteiger partial charge >= 0.3 is 5.97 Å². The number of thiazole rings is 1. The zero-order valence-electron chi connectivity index (χ0n) is 31.1. The number of carbonyl (C=O) groups is 1. The number of nitrogens with one attached hydrogen (secondary N) is 1. The highest BCUT2D eigenvalue weighted by Crippen LogP contribution is 2.43. The summed E-state index contributed by atoms with van der Waals surface area (Å²) in [6.07, 6.45) is 1.76. The molecule has 0 fully saturated rings. The van der Waals surface area contributed by atoms with Crippen LogP contribution in [0.25, 0.3) is 0 Å². The molecule has 0 aliphatic rings. The van der Waals surface area contributed by atoms with Gasteiger partial charge in [-0.15, -0.1) is 11.3 Å². The van der Waals surface area contributed by atoms with Gasteiger partial charge in [0.25, 0.3) is 0 Å². The van der Waals surface area contributed by atoms with Gasteiger partial charge in [0.15, 0.2) is 11.7 Å². The van der Waals surface area contributed by atoms with Crippen molar-refractivity contribution in [3.8, 4) is 0 Å². The van der Waals surface area contributed by atoms with Crippen LogP contribution in [0.1, 0.15) is 50.6 Å². The maximum atomic E-state index is 12.8. The van der Waals surface area contributed by atoms with Crippen LogP contribution in [0.2, 0.25) is 0 Å². The molecule has 8 aromatic rings. The number of anilines is 1. The van der Waals surface area contributed by atoms with Gasteiger partial charge in [0.05, 0.1) is 11.9 Å². The largest absolute Gasteiger partial charge is 0.476 e. The fourth-order valence-corrected chi connectivity index (χ4v) is 8.47. The van der Waals surface area contributed by atoms with Crippen LogP contribution in [-0.4, -0.2) is 31.3 Å². The highest BCUT2D eigenvalue weighted by atomic mass is 32.1. The normalized spacial score (nSPS) is 11.9. The molecule has 0 bridgehead atoms. The summed E-state index contributed by atoms with van der Waals surface area (Å²) in [5.74, 6) is -0.509. The van der Waals surface area contributed by atoms with Crippen molar-refractivity contribution >= 4 is 28.1 Å². The molecule has 2 aromatic heterocycles. The minimum Gasteiger partial charge on any atom is -0.476 e. The average Bonchev–Trinajstić information content (AvgIpc) is 3.89. The van der Waals surface area contributed by atoms with Crippen LogP contribution in [0.5, 0.6) is 0 Å². The molecule has 0 radical (unpaired) electrons. The van der Waals surface area contributed by atoms with E-state index in [9.17, 15) is 9.90 Å². The molecule has 57 heavy (non-hydrogen) atoms. The van der Waals surface area contributed by atoms with Crippen LogP contribution in [0.4, 0.5) is 5.13 Å². The number of imidazole rings is 1. The van der Waals surface area contributed by atoms with E-state index in [0.717, 1.165) is 39.2 Å². The van der Waals surface area contributed by atoms with E-state index in [1.54, 1.807) is 11.6 Å². The Morgan fingerprint density at radius 1 is 0.667 bits per heavy atom. The fourth-order valence-electron chi connectivity index (χ4n) is 7.72. The van der Waals surface area contributed by atoms with E-state index in [0.29, 0.717) is 10.8 Å². The Bertz CT molecular complexity index is 2390. The van der Waals surface area contributed by atoms with Gasteiger partial charge in [-0.3, -0.25) is 0 Å². The molecule has 0 amide bonds. The van der Waals surface area contributed by atoms with Crippen LogP contribution >= 0.6 is 11.3 Å². The van der Waals surface area contributed by atoms with Crippen LogP contribution in [0, 0.1) is 6.92 Å². The molecule has 9 heteroatoms. The Kier molecular flexibility index (Phi) is 10.6. The summed E-state index contributed by atoms with van der Waals surface area (Å²) in [6, 6.07) is 61.3. The topological polar surface area (TPSA) is 102 Å². The van der Waals surface area contributed by atoms with Crippen molar-refractivity contribution in [3.63, 3.8) is 0 Å². The van der Waals surface area contributed by atoms with Crippen LogP contribution in [0.15, 0.2) is 199 Å². The summed E-state index contributed by atoms with van der Waals surface area (Å²) in [7, 11) is 0. The quantitative estimate of drug-likeness (QED) is 0.0650. The van der Waals surface area contributed by atoms with Gasteiger partial charge in [-0.2, -0.15) is 0 Å². The van der Waals surface area contributed by atoms with Gasteiger partial charge in [0, 0.05) is 5.38 Å². The third kappa shape index (κ3) is 7.01. The molecule has 0 aliphatic heterocycles. The number of hydrogen-bond donors (Lipinski definition) is 2. The Morgan fingerprint density at radius 2 is 1.07 bits per heavy atom. The Labute approximate surface area is 335 Å². The lowest BCUT2D eigenvalue weighted by atomic mass is 9.76. The SMILES string of the molecule is Cc1ncc(CON=C(C(=O)O)c2csc(NC(c3ccccc3)(c3ccccc3)c3ccccc3)n2)n1C(c1ccccc1)(c1ccccc1)c1ccccc1. The maximum absolute atomic E-state index is 12.8. The summed E-state index contributed by atoms with van der Waals surface area (Å²) in [4.78, 5) is 28.3. The summed E-state index contributed by atoms with van der Waals surface area (Å²) in [5, 5.41) is 20.6. The van der Waals surface area contributed by atoms with Gasteiger partial charge in [0.1, 0.15) is 22.6 Å². The van der Waals surface area contributed by atoms with E-state index in [2.05, 4.69) is 87.8 Å². The first kappa shape index (κ1) is 36.9. The van der Waals surface area contributed by atoms with Gasteiger partial charge in [-0.05, 0) is 40.3 Å². The monoisotopic (exact) mass is 765 g/mol. The number of rotatable bonds is 14. The van der Waals surface area contributed by atoms with Crippen LogP contribution in [-0.2, 0) is 27.3 Å². The van der Waals surface area contributed by atoms with Gasteiger partial charge in [-0.25, -0.2) is 14.8 Å². The maximum Gasteiger partial charge on any atom is 0.360 e. The predicted molar refractivity (Wildman–Crippen MR) is 225 cm³/mol. The fraction of sp³-hybridized carbons (Fsp3) is 0.0833. The Morgan fingerprint density at radius 3 is 1.47 bits per heavy atom. The molecule has 8 rings (SSSR count). The first-order valence-corrected chi connectivity index (χ1v) is 19.4. The van der Waals surface area contributed by atoms with E-state index in [1.807, 2.05) is 116 Å². The van der Waals surface area contributed by atoms with Crippen molar-refractivity contribution in [1.82, 2.24) is 14.5 Å². The lowest BCUT2D eigenvalue weighted by Crippen LogP contribution is -2.39. The molecule has 0 saturated carbocycles. The van der Waals surface area contributed by atoms with Gasteiger partial charge in [0.2, 0.25) is 5.71 Å². The van der Waals surface area contributed by atoms with E-state index in [4.69, 9.17) is 14.8 Å². The van der Waals surface area contributed by atoms with Gasteiger partial charge < -0.3 is 19.8 Å². The lowest BCUT2D eigenvalue weighted by molar-refractivity contribution is -0.129. The van der Waals surface area contributed by atoms with Crippen molar-refractivity contribution < 1.29 is 14.7 Å². The number of nitrogens with zero attached hydrogens (tertiary/aromatic N) is 4. The number of aromatic nitrogens is 3. The molecule has 6 aromatic carbocycles. The van der Waals surface area contributed by atoms with Gasteiger partial charge in [-0.1, -0.05) is 187 Å². The van der Waals surface area contributed by atoms with Crippen molar-refractivity contribution in [1.29, 1.82) is 0 Å². The second-order valence-electron chi connectivity index (χ2n) is 13.5. The van der Waals surface area contributed by atoms with Crippen molar-refractivity contribution in [3.05, 3.63) is 244 Å². The van der Waals surface area contributed by atoms with E-state index in [1.165, 1.54) is 11.3 Å². The molecule has 2 N–H and O–H groups in total. The number of benzene rings is 6. The van der Waals surface area contributed by atoms with Crippen molar-refractivity contribution in [2.75, 3.05) is 5.32 Å². The number of carboxylic acids is 1. The summed E-state index contributed by atoms with van der Waals surface area (Å²) in [5.41, 5.74) is 4.98. The third-order valence-corrected chi connectivity index (χ3v) is 10.9. The highest BCUT2D eigenvalue weighted by molar-refractivity contribution is 7.14. The lowest BCUT2D eigenvalue weighted by Gasteiger charge is -2.39. The zero-order chi connectivity index (χ0) is 39.1. The molecule has 0 unspecified atom stereocenters. The van der Waals surface area contributed by atoms with Crippen LogP contribution in [0.3, 0.4) is 0 Å². The molecule has 2 heterocycles. The first-order chi connectivity index (χ1) is 28.0. The second-order valence-corrected chi connectivity index (χ2v) is 14.3. The number of aliphatic carboxylic acids is 1. The number of carboxylic acid groups (broad SMARTS) is 1. The average molecular weight is 766 g/mol. The third-order valence-electron chi connectivity index (χ3n) is 10.2. The Balaban J connectivity index is 1.16. The Hall–Kier alpha value is -7.10. The summed E-state index contributed by atoms with van der Waals surface area (Å²) >= 11 is 1.30. The first-order valence-electron chi connectivity index (χ1n) is 18.6. The highest BCUT2D eigenvalue weighted by Gasteiger charge is 2.41. The molecule has 280 valence electrons. The number of aryl methyl sites for hydroxylation is 1. The molecule has 8 nitrogen and oxygen atoms in total. The zero-order valence-corrected chi connectivity index (χ0v) is 32.0.